The number of ether oxygens (including phenoxy) is 1. The molecule has 1 fully saturated rings. The highest BCUT2D eigenvalue weighted by atomic mass is 32.2. The summed E-state index contributed by atoms with van der Waals surface area (Å²) >= 11 is 0. The van der Waals surface area contributed by atoms with Crippen LogP contribution in [0.3, 0.4) is 0 Å². The van der Waals surface area contributed by atoms with Gasteiger partial charge in [-0.3, -0.25) is 0 Å². The lowest BCUT2D eigenvalue weighted by atomic mass is 10.2. The highest BCUT2D eigenvalue weighted by Crippen LogP contribution is 2.27. The summed E-state index contributed by atoms with van der Waals surface area (Å²) in [6, 6.07) is 15.6. The Balaban J connectivity index is 1.76. The van der Waals surface area contributed by atoms with Crippen LogP contribution in [0, 0.1) is 0 Å². The standard InChI is InChI=1S/C20H26N2O3S/c1-3-16-11-12-19(25-2)20(14-16)26(23,24)21-15-18-10-7-13-22(18)17-8-5-4-6-9-17/h4-6,8-9,11-12,14,18,21H,3,7,10,13,15H2,1-2H3. The molecule has 0 bridgehead atoms. The molecule has 1 heterocycles. The number of nitrogens with one attached hydrogen (secondary N) is 1. The third kappa shape index (κ3) is 4.02. The molecule has 0 aromatic heterocycles. The van der Waals surface area contributed by atoms with Crippen molar-refractivity contribution in [1.82, 2.24) is 4.72 Å². The zero-order valence-electron chi connectivity index (χ0n) is 15.3. The van der Waals surface area contributed by atoms with Crippen molar-refractivity contribution in [3.05, 3.63) is 54.1 Å². The van der Waals surface area contributed by atoms with Crippen LogP contribution >= 0.6 is 0 Å². The Kier molecular flexibility index (Phi) is 5.84. The predicted molar refractivity (Wildman–Crippen MR) is 104 cm³/mol. The molecule has 0 radical (unpaired) electrons. The lowest BCUT2D eigenvalue weighted by molar-refractivity contribution is 0.402. The Morgan fingerprint density at radius 1 is 1.19 bits per heavy atom. The molecule has 2 aromatic rings. The summed E-state index contributed by atoms with van der Waals surface area (Å²) in [5, 5.41) is 0. The van der Waals surface area contributed by atoms with Crippen LogP contribution in [0.2, 0.25) is 0 Å². The van der Waals surface area contributed by atoms with Crippen molar-refractivity contribution in [3.8, 4) is 5.75 Å². The van der Waals surface area contributed by atoms with Crippen LogP contribution in [0.4, 0.5) is 5.69 Å². The Morgan fingerprint density at radius 2 is 1.96 bits per heavy atom. The number of sulfonamides is 1. The fourth-order valence-corrected chi connectivity index (χ4v) is 4.73. The number of methoxy groups -OCH3 is 1. The van der Waals surface area contributed by atoms with Crippen molar-refractivity contribution in [3.63, 3.8) is 0 Å². The van der Waals surface area contributed by atoms with Gasteiger partial charge in [-0.15, -0.1) is 0 Å². The molecule has 1 aliphatic rings. The molecule has 5 nitrogen and oxygen atoms in total. The van der Waals surface area contributed by atoms with Crippen LogP contribution < -0.4 is 14.4 Å². The van der Waals surface area contributed by atoms with Crippen molar-refractivity contribution in [2.45, 2.75) is 37.1 Å². The summed E-state index contributed by atoms with van der Waals surface area (Å²) in [6.45, 7) is 3.34. The van der Waals surface area contributed by atoms with E-state index in [1.165, 1.54) is 7.11 Å². The number of anilines is 1. The van der Waals surface area contributed by atoms with E-state index in [1.807, 2.05) is 31.2 Å². The third-order valence-electron chi connectivity index (χ3n) is 4.90. The summed E-state index contributed by atoms with van der Waals surface area (Å²) < 4.78 is 33.8. The maximum atomic E-state index is 12.9. The molecule has 140 valence electrons. The normalized spacial score (nSPS) is 17.5. The largest absolute Gasteiger partial charge is 0.495 e. The van der Waals surface area contributed by atoms with Gasteiger partial charge in [0.15, 0.2) is 0 Å². The molecule has 0 aliphatic carbocycles. The molecule has 26 heavy (non-hydrogen) atoms. The van der Waals surface area contributed by atoms with E-state index in [0.29, 0.717) is 12.3 Å². The topological polar surface area (TPSA) is 58.6 Å². The van der Waals surface area contributed by atoms with Gasteiger partial charge in [0.1, 0.15) is 10.6 Å². The van der Waals surface area contributed by atoms with Gasteiger partial charge in [-0.2, -0.15) is 0 Å². The van der Waals surface area contributed by atoms with E-state index >= 15 is 0 Å². The van der Waals surface area contributed by atoms with Crippen LogP contribution in [0.1, 0.15) is 25.3 Å². The minimum Gasteiger partial charge on any atom is -0.495 e. The maximum absolute atomic E-state index is 12.9. The van der Waals surface area contributed by atoms with E-state index in [2.05, 4.69) is 21.8 Å². The van der Waals surface area contributed by atoms with Crippen molar-refractivity contribution >= 4 is 15.7 Å². The second kappa shape index (κ2) is 8.10. The van der Waals surface area contributed by atoms with Gasteiger partial charge in [-0.1, -0.05) is 31.2 Å². The lowest BCUT2D eigenvalue weighted by Gasteiger charge is -2.27. The summed E-state index contributed by atoms with van der Waals surface area (Å²) in [5.74, 6) is 0.376. The minimum atomic E-state index is -3.63. The number of para-hydroxylation sites is 1. The van der Waals surface area contributed by atoms with Gasteiger partial charge >= 0.3 is 0 Å². The summed E-state index contributed by atoms with van der Waals surface area (Å²) in [4.78, 5) is 2.49. The van der Waals surface area contributed by atoms with Crippen LogP contribution in [0.25, 0.3) is 0 Å². The first kappa shape index (κ1) is 18.7. The van der Waals surface area contributed by atoms with E-state index in [1.54, 1.807) is 12.1 Å². The second-order valence-electron chi connectivity index (χ2n) is 6.52. The molecule has 1 N–H and O–H groups in total. The van der Waals surface area contributed by atoms with Gasteiger partial charge in [-0.25, -0.2) is 13.1 Å². The number of rotatable bonds is 7. The van der Waals surface area contributed by atoms with Gasteiger partial charge < -0.3 is 9.64 Å². The van der Waals surface area contributed by atoms with Crippen molar-refractivity contribution in [2.75, 3.05) is 25.1 Å². The quantitative estimate of drug-likeness (QED) is 0.809. The first-order valence-corrected chi connectivity index (χ1v) is 10.5. The monoisotopic (exact) mass is 374 g/mol. The van der Waals surface area contributed by atoms with E-state index < -0.39 is 10.0 Å². The van der Waals surface area contributed by atoms with E-state index in [9.17, 15) is 8.42 Å². The van der Waals surface area contributed by atoms with Gasteiger partial charge in [0.25, 0.3) is 0 Å². The highest BCUT2D eigenvalue weighted by molar-refractivity contribution is 7.89. The molecule has 1 unspecified atom stereocenters. The van der Waals surface area contributed by atoms with E-state index in [4.69, 9.17) is 4.74 Å². The number of benzene rings is 2. The van der Waals surface area contributed by atoms with Crippen molar-refractivity contribution in [1.29, 1.82) is 0 Å². The van der Waals surface area contributed by atoms with Gasteiger partial charge in [0.05, 0.1) is 7.11 Å². The molecule has 1 saturated heterocycles. The maximum Gasteiger partial charge on any atom is 0.244 e. The molecule has 0 saturated carbocycles. The Labute approximate surface area is 156 Å². The predicted octanol–water partition coefficient (Wildman–Crippen LogP) is 3.20. The molecule has 2 aromatic carbocycles. The van der Waals surface area contributed by atoms with E-state index in [-0.39, 0.29) is 10.9 Å². The zero-order valence-corrected chi connectivity index (χ0v) is 16.1. The van der Waals surface area contributed by atoms with Gasteiger partial charge in [0, 0.05) is 24.8 Å². The van der Waals surface area contributed by atoms with Gasteiger partial charge in [-0.05, 0) is 49.1 Å². The van der Waals surface area contributed by atoms with Crippen LogP contribution in [-0.2, 0) is 16.4 Å². The van der Waals surface area contributed by atoms with Crippen LogP contribution in [0.15, 0.2) is 53.4 Å². The Hall–Kier alpha value is -2.05. The molecule has 3 rings (SSSR count). The fraction of sp³-hybridized carbons (Fsp3) is 0.400. The lowest BCUT2D eigenvalue weighted by Crippen LogP contribution is -2.40. The molecule has 1 atom stereocenters. The van der Waals surface area contributed by atoms with Crippen molar-refractivity contribution < 1.29 is 13.2 Å². The number of hydrogen-bond acceptors (Lipinski definition) is 4. The fourth-order valence-electron chi connectivity index (χ4n) is 3.44. The summed E-state index contributed by atoms with van der Waals surface area (Å²) in [7, 11) is -2.14. The van der Waals surface area contributed by atoms with Gasteiger partial charge in [0.2, 0.25) is 10.0 Å². The first-order chi connectivity index (χ1) is 12.5. The molecule has 0 amide bonds. The van der Waals surface area contributed by atoms with Crippen LogP contribution in [-0.4, -0.2) is 34.7 Å². The van der Waals surface area contributed by atoms with E-state index in [0.717, 1.165) is 37.1 Å². The average molecular weight is 375 g/mol. The molecule has 6 heteroatoms. The third-order valence-corrected chi connectivity index (χ3v) is 6.34. The summed E-state index contributed by atoms with van der Waals surface area (Å²) in [5.41, 5.74) is 2.11. The highest BCUT2D eigenvalue weighted by Gasteiger charge is 2.27. The molecular weight excluding hydrogens is 348 g/mol. The van der Waals surface area contributed by atoms with Crippen LogP contribution in [0.5, 0.6) is 5.75 Å². The Morgan fingerprint density at radius 3 is 2.65 bits per heavy atom. The second-order valence-corrected chi connectivity index (χ2v) is 8.25. The molecule has 0 spiro atoms. The summed E-state index contributed by atoms with van der Waals surface area (Å²) in [6.07, 6.45) is 2.82. The smallest absolute Gasteiger partial charge is 0.244 e. The Bertz CT molecular complexity index is 837. The molecular formula is C20H26N2O3S. The average Bonchev–Trinajstić information content (AvgIpc) is 3.15. The number of hydrogen-bond donors (Lipinski definition) is 1. The number of aryl methyl sites for hydroxylation is 1. The molecule has 1 aliphatic heterocycles. The first-order valence-electron chi connectivity index (χ1n) is 9.03. The van der Waals surface area contributed by atoms with Crippen molar-refractivity contribution in [2.24, 2.45) is 0 Å². The minimum absolute atomic E-state index is 0.160. The SMILES string of the molecule is CCc1ccc(OC)c(S(=O)(=O)NCC2CCCN2c2ccccc2)c1. The zero-order chi connectivity index (χ0) is 18.6. The number of nitrogens with zero attached hydrogens (tertiary/aromatic N) is 1.